The molecule has 0 bridgehead atoms. The standard InChI is InChI=1S/C14H20O2S/c1-9-6-7-11(14(16-3)10(9)2)13(15)12-5-4-8-17-12/h6-7,12-13,15H,4-5,8H2,1-3H3. The van der Waals surface area contributed by atoms with E-state index in [1.165, 1.54) is 12.0 Å². The quantitative estimate of drug-likeness (QED) is 0.895. The van der Waals surface area contributed by atoms with E-state index in [0.29, 0.717) is 5.25 Å². The number of methoxy groups -OCH3 is 1. The number of thioether (sulfide) groups is 1. The van der Waals surface area contributed by atoms with Crippen LogP contribution < -0.4 is 4.74 Å². The van der Waals surface area contributed by atoms with Crippen molar-refractivity contribution in [1.29, 1.82) is 0 Å². The molecule has 0 aromatic heterocycles. The molecule has 2 rings (SSSR count). The first-order valence-electron chi connectivity index (χ1n) is 6.09. The van der Waals surface area contributed by atoms with Crippen LogP contribution in [0.15, 0.2) is 12.1 Å². The molecule has 1 aromatic carbocycles. The van der Waals surface area contributed by atoms with Gasteiger partial charge in [0.25, 0.3) is 0 Å². The first kappa shape index (κ1) is 12.8. The highest BCUT2D eigenvalue weighted by Gasteiger charge is 2.27. The number of hydrogen-bond acceptors (Lipinski definition) is 3. The Morgan fingerprint density at radius 1 is 1.41 bits per heavy atom. The predicted octanol–water partition coefficient (Wildman–Crippen LogP) is 3.24. The van der Waals surface area contributed by atoms with E-state index in [0.717, 1.165) is 29.1 Å². The van der Waals surface area contributed by atoms with Gasteiger partial charge in [0, 0.05) is 10.8 Å². The van der Waals surface area contributed by atoms with Crippen molar-refractivity contribution in [2.45, 2.75) is 38.0 Å². The summed E-state index contributed by atoms with van der Waals surface area (Å²) in [5.41, 5.74) is 3.28. The molecule has 0 amide bonds. The molecule has 1 N–H and O–H groups in total. The molecule has 0 radical (unpaired) electrons. The lowest BCUT2D eigenvalue weighted by molar-refractivity contribution is 0.168. The number of hydrogen-bond donors (Lipinski definition) is 1. The van der Waals surface area contributed by atoms with E-state index in [-0.39, 0.29) is 0 Å². The molecule has 1 heterocycles. The summed E-state index contributed by atoms with van der Waals surface area (Å²) in [4.78, 5) is 0. The van der Waals surface area contributed by atoms with Gasteiger partial charge in [-0.15, -0.1) is 0 Å². The van der Waals surface area contributed by atoms with Crippen molar-refractivity contribution >= 4 is 11.8 Å². The third-order valence-electron chi connectivity index (χ3n) is 3.55. The minimum Gasteiger partial charge on any atom is -0.496 e. The fourth-order valence-electron chi connectivity index (χ4n) is 2.37. The van der Waals surface area contributed by atoms with Crippen molar-refractivity contribution in [3.63, 3.8) is 0 Å². The smallest absolute Gasteiger partial charge is 0.127 e. The molecule has 3 heteroatoms. The maximum atomic E-state index is 10.4. The van der Waals surface area contributed by atoms with Crippen LogP contribution in [0.1, 0.15) is 35.6 Å². The molecule has 2 nitrogen and oxygen atoms in total. The van der Waals surface area contributed by atoms with E-state index >= 15 is 0 Å². The molecular weight excluding hydrogens is 232 g/mol. The molecule has 2 unspecified atom stereocenters. The second-order valence-corrected chi connectivity index (χ2v) is 5.97. The van der Waals surface area contributed by atoms with Gasteiger partial charge in [0.05, 0.1) is 13.2 Å². The number of aryl methyl sites for hydroxylation is 1. The Morgan fingerprint density at radius 2 is 2.18 bits per heavy atom. The maximum Gasteiger partial charge on any atom is 0.127 e. The average Bonchev–Trinajstić information content (AvgIpc) is 2.85. The minimum absolute atomic E-state index is 0.325. The molecule has 1 fully saturated rings. The normalized spacial score (nSPS) is 21.5. The first-order chi connectivity index (χ1) is 8.15. The van der Waals surface area contributed by atoms with E-state index in [1.54, 1.807) is 7.11 Å². The van der Waals surface area contributed by atoms with E-state index in [1.807, 2.05) is 24.8 Å². The van der Waals surface area contributed by atoms with Gasteiger partial charge in [-0.3, -0.25) is 0 Å². The van der Waals surface area contributed by atoms with Crippen LogP contribution in [-0.4, -0.2) is 23.2 Å². The fraction of sp³-hybridized carbons (Fsp3) is 0.571. The lowest BCUT2D eigenvalue weighted by Crippen LogP contribution is -2.13. The van der Waals surface area contributed by atoms with Crippen molar-refractivity contribution in [3.8, 4) is 5.75 Å². The van der Waals surface area contributed by atoms with Crippen molar-refractivity contribution in [3.05, 3.63) is 28.8 Å². The predicted molar refractivity (Wildman–Crippen MR) is 72.9 cm³/mol. The Kier molecular flexibility index (Phi) is 4.00. The van der Waals surface area contributed by atoms with Crippen molar-refractivity contribution in [2.75, 3.05) is 12.9 Å². The highest BCUT2D eigenvalue weighted by Crippen LogP contribution is 2.40. The summed E-state index contributed by atoms with van der Waals surface area (Å²) < 4.78 is 5.47. The zero-order chi connectivity index (χ0) is 12.4. The summed E-state index contributed by atoms with van der Waals surface area (Å²) in [5, 5.41) is 10.8. The molecule has 1 aliphatic heterocycles. The lowest BCUT2D eigenvalue weighted by atomic mass is 9.97. The van der Waals surface area contributed by atoms with Gasteiger partial charge in [-0.1, -0.05) is 12.1 Å². The number of aliphatic hydroxyl groups excluding tert-OH is 1. The van der Waals surface area contributed by atoms with E-state index in [9.17, 15) is 5.11 Å². The van der Waals surface area contributed by atoms with Gasteiger partial charge in [-0.25, -0.2) is 0 Å². The molecule has 2 atom stereocenters. The van der Waals surface area contributed by atoms with Crippen LogP contribution in [0.4, 0.5) is 0 Å². The molecule has 1 saturated heterocycles. The Labute approximate surface area is 107 Å². The Hall–Kier alpha value is -0.670. The highest BCUT2D eigenvalue weighted by atomic mass is 32.2. The molecule has 0 aliphatic carbocycles. The van der Waals surface area contributed by atoms with Crippen LogP contribution in [0, 0.1) is 13.8 Å². The van der Waals surface area contributed by atoms with Crippen LogP contribution in [0.2, 0.25) is 0 Å². The van der Waals surface area contributed by atoms with E-state index < -0.39 is 6.10 Å². The van der Waals surface area contributed by atoms with Crippen molar-refractivity contribution in [2.24, 2.45) is 0 Å². The number of rotatable bonds is 3. The van der Waals surface area contributed by atoms with Crippen LogP contribution in [0.5, 0.6) is 5.75 Å². The Bertz CT molecular complexity index is 397. The Morgan fingerprint density at radius 3 is 2.76 bits per heavy atom. The third-order valence-corrected chi connectivity index (χ3v) is 4.99. The van der Waals surface area contributed by atoms with Crippen LogP contribution in [0.3, 0.4) is 0 Å². The van der Waals surface area contributed by atoms with Gasteiger partial charge in [-0.05, 0) is 43.6 Å². The van der Waals surface area contributed by atoms with E-state index in [4.69, 9.17) is 4.74 Å². The molecule has 94 valence electrons. The number of ether oxygens (including phenoxy) is 1. The zero-order valence-electron chi connectivity index (χ0n) is 10.7. The summed E-state index contributed by atoms with van der Waals surface area (Å²) in [6, 6.07) is 4.07. The second kappa shape index (κ2) is 5.32. The van der Waals surface area contributed by atoms with Crippen LogP contribution in [-0.2, 0) is 0 Å². The van der Waals surface area contributed by atoms with Crippen LogP contribution >= 0.6 is 11.8 Å². The molecular formula is C14H20O2S. The highest BCUT2D eigenvalue weighted by molar-refractivity contribution is 8.00. The molecule has 1 aromatic rings. The summed E-state index contributed by atoms with van der Waals surface area (Å²) in [6.07, 6.45) is 1.90. The zero-order valence-corrected chi connectivity index (χ0v) is 11.5. The topological polar surface area (TPSA) is 29.5 Å². The van der Waals surface area contributed by atoms with Crippen molar-refractivity contribution in [1.82, 2.24) is 0 Å². The summed E-state index contributed by atoms with van der Waals surface area (Å²) in [6.45, 7) is 4.12. The van der Waals surface area contributed by atoms with Gasteiger partial charge in [0.15, 0.2) is 0 Å². The number of aliphatic hydroxyl groups is 1. The summed E-state index contributed by atoms with van der Waals surface area (Å²) in [5.74, 6) is 2.01. The SMILES string of the molecule is COc1c(C(O)C2CCCS2)ccc(C)c1C. The third kappa shape index (κ3) is 2.45. The monoisotopic (exact) mass is 252 g/mol. The van der Waals surface area contributed by atoms with Gasteiger partial charge in [0.1, 0.15) is 5.75 Å². The summed E-state index contributed by atoms with van der Waals surface area (Å²) >= 11 is 1.87. The lowest BCUT2D eigenvalue weighted by Gasteiger charge is -2.21. The van der Waals surface area contributed by atoms with E-state index in [2.05, 4.69) is 13.0 Å². The molecule has 1 aliphatic rings. The number of benzene rings is 1. The maximum absolute atomic E-state index is 10.4. The average molecular weight is 252 g/mol. The van der Waals surface area contributed by atoms with Gasteiger partial charge in [0.2, 0.25) is 0 Å². The van der Waals surface area contributed by atoms with Crippen molar-refractivity contribution < 1.29 is 9.84 Å². The molecule has 0 saturated carbocycles. The van der Waals surface area contributed by atoms with Crippen LogP contribution in [0.25, 0.3) is 0 Å². The minimum atomic E-state index is -0.406. The Balaban J connectivity index is 2.33. The van der Waals surface area contributed by atoms with Gasteiger partial charge < -0.3 is 9.84 Å². The first-order valence-corrected chi connectivity index (χ1v) is 7.13. The van der Waals surface area contributed by atoms with Gasteiger partial charge >= 0.3 is 0 Å². The fourth-order valence-corrected chi connectivity index (χ4v) is 3.67. The van der Waals surface area contributed by atoms with Gasteiger partial charge in [-0.2, -0.15) is 11.8 Å². The largest absolute Gasteiger partial charge is 0.496 e. The second-order valence-electron chi connectivity index (χ2n) is 4.63. The molecule has 17 heavy (non-hydrogen) atoms. The summed E-state index contributed by atoms with van der Waals surface area (Å²) in [7, 11) is 1.68. The molecule has 0 spiro atoms.